The molecule has 0 saturated carbocycles. The van der Waals surface area contributed by atoms with Gasteiger partial charge in [0.15, 0.2) is 0 Å². The van der Waals surface area contributed by atoms with Crippen molar-refractivity contribution in [3.63, 3.8) is 0 Å². The summed E-state index contributed by atoms with van der Waals surface area (Å²) >= 11 is 0. The fourth-order valence-electron chi connectivity index (χ4n) is 3.98. The lowest BCUT2D eigenvalue weighted by atomic mass is 10.1. The lowest BCUT2D eigenvalue weighted by molar-refractivity contribution is 0.407. The number of hydrogen-bond acceptors (Lipinski definition) is 7. The summed E-state index contributed by atoms with van der Waals surface area (Å²) in [7, 11) is 2.01. The Morgan fingerprint density at radius 3 is 2.41 bits per heavy atom. The van der Waals surface area contributed by atoms with Gasteiger partial charge in [0.25, 0.3) is 0 Å². The highest BCUT2D eigenvalue weighted by Gasteiger charge is 2.20. The van der Waals surface area contributed by atoms with Crippen LogP contribution in [0, 0.1) is 6.92 Å². The van der Waals surface area contributed by atoms with Gasteiger partial charge >= 0.3 is 0 Å². The molecule has 0 spiro atoms. The SMILES string of the molecule is C=C(CN)N(C)Cc1cccc(-c2cnc(N3CCN(c4cccnc4C)CC3)nc2)c1. The Balaban J connectivity index is 1.40. The van der Waals surface area contributed by atoms with Crippen LogP contribution in [0.5, 0.6) is 0 Å². The largest absolute Gasteiger partial charge is 0.373 e. The van der Waals surface area contributed by atoms with E-state index in [1.54, 1.807) is 0 Å². The van der Waals surface area contributed by atoms with E-state index in [4.69, 9.17) is 5.73 Å². The van der Waals surface area contributed by atoms with Gasteiger partial charge in [-0.2, -0.15) is 0 Å². The highest BCUT2D eigenvalue weighted by atomic mass is 15.3. The van der Waals surface area contributed by atoms with Crippen LogP contribution in [-0.2, 0) is 6.54 Å². The quantitative estimate of drug-likeness (QED) is 0.619. The van der Waals surface area contributed by atoms with Gasteiger partial charge in [0.2, 0.25) is 5.95 Å². The van der Waals surface area contributed by atoms with Crippen molar-refractivity contribution in [1.29, 1.82) is 0 Å². The van der Waals surface area contributed by atoms with E-state index in [0.29, 0.717) is 6.54 Å². The minimum Gasteiger partial charge on any atom is -0.373 e. The molecule has 1 fully saturated rings. The molecule has 3 aromatic rings. The second-order valence-corrected chi connectivity index (χ2v) is 8.18. The van der Waals surface area contributed by atoms with Gasteiger partial charge in [0.1, 0.15) is 0 Å². The number of piperazine rings is 1. The molecule has 1 saturated heterocycles. The first-order valence-corrected chi connectivity index (χ1v) is 11.0. The van der Waals surface area contributed by atoms with Gasteiger partial charge in [0, 0.05) is 76.2 Å². The summed E-state index contributed by atoms with van der Waals surface area (Å²) in [6, 6.07) is 12.6. The van der Waals surface area contributed by atoms with Gasteiger partial charge < -0.3 is 20.4 Å². The molecule has 1 aromatic carbocycles. The topological polar surface area (TPSA) is 74.4 Å². The van der Waals surface area contributed by atoms with E-state index in [-0.39, 0.29) is 0 Å². The third-order valence-corrected chi connectivity index (χ3v) is 5.98. The predicted molar refractivity (Wildman–Crippen MR) is 131 cm³/mol. The normalized spacial score (nSPS) is 13.8. The van der Waals surface area contributed by atoms with E-state index >= 15 is 0 Å². The molecule has 0 radical (unpaired) electrons. The van der Waals surface area contributed by atoms with Crippen LogP contribution in [0.3, 0.4) is 0 Å². The number of likely N-dealkylation sites (N-methyl/N-ethyl adjacent to an activating group) is 1. The van der Waals surface area contributed by atoms with E-state index in [1.807, 2.05) is 31.7 Å². The number of pyridine rings is 1. The average molecular weight is 430 g/mol. The molecule has 1 aliphatic heterocycles. The average Bonchev–Trinajstić information content (AvgIpc) is 2.84. The van der Waals surface area contributed by atoms with Crippen molar-refractivity contribution in [3.8, 4) is 11.1 Å². The zero-order valence-electron chi connectivity index (χ0n) is 18.9. The van der Waals surface area contributed by atoms with Crippen molar-refractivity contribution >= 4 is 11.6 Å². The second kappa shape index (κ2) is 9.78. The maximum atomic E-state index is 5.70. The fourth-order valence-corrected chi connectivity index (χ4v) is 3.98. The zero-order chi connectivity index (χ0) is 22.5. The van der Waals surface area contributed by atoms with E-state index in [0.717, 1.165) is 61.2 Å². The van der Waals surface area contributed by atoms with Crippen LogP contribution in [-0.4, -0.2) is 59.6 Å². The van der Waals surface area contributed by atoms with Gasteiger partial charge in [-0.1, -0.05) is 24.8 Å². The highest BCUT2D eigenvalue weighted by Crippen LogP contribution is 2.23. The van der Waals surface area contributed by atoms with E-state index < -0.39 is 0 Å². The molecule has 0 aliphatic carbocycles. The lowest BCUT2D eigenvalue weighted by Crippen LogP contribution is -2.47. The minimum atomic E-state index is 0.460. The Morgan fingerprint density at radius 2 is 1.72 bits per heavy atom. The number of aryl methyl sites for hydroxylation is 1. The number of rotatable bonds is 7. The summed E-state index contributed by atoms with van der Waals surface area (Å²) in [5.74, 6) is 0.784. The van der Waals surface area contributed by atoms with Crippen molar-refractivity contribution in [2.45, 2.75) is 13.5 Å². The van der Waals surface area contributed by atoms with Crippen LogP contribution in [0.25, 0.3) is 11.1 Å². The van der Waals surface area contributed by atoms with E-state index in [9.17, 15) is 0 Å². The molecule has 0 unspecified atom stereocenters. The van der Waals surface area contributed by atoms with Gasteiger partial charge in [-0.3, -0.25) is 4.98 Å². The molecule has 2 aromatic heterocycles. The molecule has 1 aliphatic rings. The highest BCUT2D eigenvalue weighted by molar-refractivity contribution is 5.63. The summed E-state index contributed by atoms with van der Waals surface area (Å²) < 4.78 is 0. The molecule has 0 amide bonds. The Hall–Kier alpha value is -3.45. The first kappa shape index (κ1) is 21.8. The zero-order valence-corrected chi connectivity index (χ0v) is 18.9. The Bertz CT molecular complexity index is 1060. The van der Waals surface area contributed by atoms with Crippen LogP contribution >= 0.6 is 0 Å². The van der Waals surface area contributed by atoms with Crippen LogP contribution < -0.4 is 15.5 Å². The van der Waals surface area contributed by atoms with Crippen molar-refractivity contribution in [3.05, 3.63) is 78.5 Å². The second-order valence-electron chi connectivity index (χ2n) is 8.18. The third-order valence-electron chi connectivity index (χ3n) is 5.98. The fraction of sp³-hybridized carbons (Fsp3) is 0.320. The maximum absolute atomic E-state index is 5.70. The first-order valence-electron chi connectivity index (χ1n) is 11.0. The number of hydrogen-bond donors (Lipinski definition) is 1. The molecule has 0 bridgehead atoms. The van der Waals surface area contributed by atoms with Gasteiger partial charge in [-0.05, 0) is 36.2 Å². The molecule has 4 rings (SSSR count). The van der Waals surface area contributed by atoms with Crippen LogP contribution in [0.15, 0.2) is 67.3 Å². The van der Waals surface area contributed by atoms with Gasteiger partial charge in [-0.15, -0.1) is 0 Å². The number of aromatic nitrogens is 3. The lowest BCUT2D eigenvalue weighted by Gasteiger charge is -2.36. The van der Waals surface area contributed by atoms with Crippen molar-refractivity contribution < 1.29 is 0 Å². The predicted octanol–water partition coefficient (Wildman–Crippen LogP) is 3.08. The number of benzene rings is 1. The summed E-state index contributed by atoms with van der Waals surface area (Å²) in [5.41, 5.74) is 12.2. The van der Waals surface area contributed by atoms with Crippen LogP contribution in [0.1, 0.15) is 11.3 Å². The summed E-state index contributed by atoms with van der Waals surface area (Å²) in [5, 5.41) is 0. The molecule has 7 heteroatoms. The monoisotopic (exact) mass is 429 g/mol. The standard InChI is InChI=1S/C25H31N7/c1-19(15-26)30(3)18-21-6-4-7-22(14-21)23-16-28-25(29-17-23)32-12-10-31(11-13-32)24-8-5-9-27-20(24)2/h4-9,14,16-17H,1,10-13,15,18,26H2,2-3H3. The number of anilines is 2. The number of nitrogens with zero attached hydrogens (tertiary/aromatic N) is 6. The van der Waals surface area contributed by atoms with Gasteiger partial charge in [-0.25, -0.2) is 9.97 Å². The van der Waals surface area contributed by atoms with Crippen molar-refractivity contribution in [2.24, 2.45) is 5.73 Å². The minimum absolute atomic E-state index is 0.460. The van der Waals surface area contributed by atoms with Gasteiger partial charge in [0.05, 0.1) is 11.4 Å². The Labute approximate surface area is 190 Å². The molecule has 2 N–H and O–H groups in total. The molecule has 3 heterocycles. The summed E-state index contributed by atoms with van der Waals surface area (Å²) in [6.45, 7) is 10.9. The van der Waals surface area contributed by atoms with E-state index in [1.165, 1.54) is 11.3 Å². The molecule has 32 heavy (non-hydrogen) atoms. The molecular weight excluding hydrogens is 398 g/mol. The van der Waals surface area contributed by atoms with Crippen molar-refractivity contribution in [2.75, 3.05) is 49.6 Å². The van der Waals surface area contributed by atoms with Crippen molar-refractivity contribution in [1.82, 2.24) is 19.9 Å². The smallest absolute Gasteiger partial charge is 0.225 e. The first-order chi connectivity index (χ1) is 15.5. The van der Waals surface area contributed by atoms with Crippen LogP contribution in [0.4, 0.5) is 11.6 Å². The molecule has 166 valence electrons. The Kier molecular flexibility index (Phi) is 6.66. The summed E-state index contributed by atoms with van der Waals surface area (Å²) in [6.07, 6.45) is 5.68. The molecule has 0 atom stereocenters. The summed E-state index contributed by atoms with van der Waals surface area (Å²) in [4.78, 5) is 20.5. The molecular formula is C25H31N7. The van der Waals surface area contributed by atoms with E-state index in [2.05, 4.69) is 73.5 Å². The van der Waals surface area contributed by atoms with Crippen LogP contribution in [0.2, 0.25) is 0 Å². The maximum Gasteiger partial charge on any atom is 0.225 e. The third kappa shape index (κ3) is 4.89. The Morgan fingerprint density at radius 1 is 1.00 bits per heavy atom. The number of nitrogens with two attached hydrogens (primary N) is 1. The molecule has 7 nitrogen and oxygen atoms in total.